The molecule has 2 aromatic rings. The van der Waals surface area contributed by atoms with Crippen molar-refractivity contribution in [3.05, 3.63) is 28.9 Å². The maximum Gasteiger partial charge on any atom is 0.340 e. The number of nitrogens with zero attached hydrogens (tertiary/aromatic N) is 2. The number of esters is 1. The molecule has 0 amide bonds. The summed E-state index contributed by atoms with van der Waals surface area (Å²) in [7, 11) is 1.32. The van der Waals surface area contributed by atoms with Crippen molar-refractivity contribution in [1.29, 1.82) is 0 Å². The number of hydrogen-bond donors (Lipinski definition) is 1. The Hall–Kier alpha value is -1.60. The normalized spacial score (nSPS) is 10.3. The van der Waals surface area contributed by atoms with Crippen molar-refractivity contribution in [3.63, 3.8) is 0 Å². The number of hydrogen-bond acceptors (Lipinski definition) is 7. The molecule has 0 saturated heterocycles. The first-order valence-electron chi connectivity index (χ1n) is 5.04. The molecule has 0 unspecified atom stereocenters. The van der Waals surface area contributed by atoms with Crippen LogP contribution in [0.1, 0.15) is 16.1 Å². The lowest BCUT2D eigenvalue weighted by Gasteiger charge is -2.04. The molecule has 0 saturated carbocycles. The highest BCUT2D eigenvalue weighted by atomic mass is 32.2. The van der Waals surface area contributed by atoms with E-state index >= 15 is 0 Å². The van der Waals surface area contributed by atoms with Crippen LogP contribution >= 0.6 is 23.1 Å². The summed E-state index contributed by atoms with van der Waals surface area (Å²) in [5.74, 6) is -0.466. The molecular formula is C11H11N3O2S2. The average Bonchev–Trinajstić information content (AvgIpc) is 2.76. The van der Waals surface area contributed by atoms with Gasteiger partial charge in [0.1, 0.15) is 5.03 Å². The van der Waals surface area contributed by atoms with E-state index in [-0.39, 0.29) is 0 Å². The number of aromatic nitrogens is 2. The minimum absolute atomic E-state index is 0.307. The van der Waals surface area contributed by atoms with E-state index in [0.29, 0.717) is 16.3 Å². The van der Waals surface area contributed by atoms with Crippen LogP contribution in [0, 0.1) is 6.92 Å². The molecule has 0 radical (unpaired) electrons. The lowest BCUT2D eigenvalue weighted by Crippen LogP contribution is -2.06. The van der Waals surface area contributed by atoms with Gasteiger partial charge in [0.2, 0.25) is 0 Å². The molecule has 94 valence electrons. The number of nitrogen functional groups attached to an aromatic ring is 1. The first-order chi connectivity index (χ1) is 8.60. The van der Waals surface area contributed by atoms with Crippen molar-refractivity contribution < 1.29 is 9.53 Å². The minimum Gasteiger partial charge on any atom is -0.465 e. The Balaban J connectivity index is 2.27. The van der Waals surface area contributed by atoms with E-state index in [9.17, 15) is 4.79 Å². The number of ether oxygens (including phenoxy) is 1. The van der Waals surface area contributed by atoms with Gasteiger partial charge in [-0.25, -0.2) is 14.8 Å². The molecule has 2 rings (SSSR count). The molecule has 0 aliphatic carbocycles. The molecule has 0 aliphatic heterocycles. The van der Waals surface area contributed by atoms with E-state index in [1.807, 2.05) is 12.3 Å². The van der Waals surface area contributed by atoms with Crippen LogP contribution in [-0.2, 0) is 4.74 Å². The van der Waals surface area contributed by atoms with Gasteiger partial charge in [0.25, 0.3) is 0 Å². The second-order valence-electron chi connectivity index (χ2n) is 3.46. The van der Waals surface area contributed by atoms with Crippen molar-refractivity contribution in [1.82, 2.24) is 9.97 Å². The highest BCUT2D eigenvalue weighted by Gasteiger charge is 2.13. The molecule has 18 heavy (non-hydrogen) atoms. The van der Waals surface area contributed by atoms with E-state index in [4.69, 9.17) is 5.73 Å². The smallest absolute Gasteiger partial charge is 0.340 e. The van der Waals surface area contributed by atoms with Gasteiger partial charge in [-0.2, -0.15) is 0 Å². The Morgan fingerprint density at radius 1 is 1.56 bits per heavy atom. The second-order valence-corrected chi connectivity index (χ2v) is 5.58. The first-order valence-corrected chi connectivity index (χ1v) is 6.73. The number of pyridine rings is 1. The molecule has 0 spiro atoms. The van der Waals surface area contributed by atoms with Crippen LogP contribution in [0.5, 0.6) is 0 Å². The number of methoxy groups -OCH3 is 1. The van der Waals surface area contributed by atoms with Crippen molar-refractivity contribution in [2.45, 2.75) is 16.3 Å². The SMILES string of the molecule is COC(=O)c1cc(Sc2nc(C)cs2)ncc1N. The van der Waals surface area contributed by atoms with Gasteiger partial charge in [0.05, 0.1) is 24.6 Å². The molecule has 2 heterocycles. The largest absolute Gasteiger partial charge is 0.465 e. The molecule has 5 nitrogen and oxygen atoms in total. The van der Waals surface area contributed by atoms with Gasteiger partial charge in [0.15, 0.2) is 4.34 Å². The fourth-order valence-electron chi connectivity index (χ4n) is 1.26. The topological polar surface area (TPSA) is 78.1 Å². The monoisotopic (exact) mass is 281 g/mol. The Morgan fingerprint density at radius 3 is 2.94 bits per heavy atom. The average molecular weight is 281 g/mol. The lowest BCUT2D eigenvalue weighted by atomic mass is 10.2. The van der Waals surface area contributed by atoms with Crippen LogP contribution in [0.25, 0.3) is 0 Å². The standard InChI is InChI=1S/C11H11N3O2S2/c1-6-5-17-11(14-6)18-9-3-7(10(15)16-2)8(12)4-13-9/h3-5H,12H2,1-2H3. The van der Waals surface area contributed by atoms with Gasteiger partial charge in [-0.3, -0.25) is 0 Å². The highest BCUT2D eigenvalue weighted by molar-refractivity contribution is 8.01. The lowest BCUT2D eigenvalue weighted by molar-refractivity contribution is 0.0601. The summed E-state index contributed by atoms with van der Waals surface area (Å²) in [5, 5.41) is 2.62. The Kier molecular flexibility index (Phi) is 3.83. The quantitative estimate of drug-likeness (QED) is 0.870. The molecule has 0 aliphatic rings. The maximum absolute atomic E-state index is 11.5. The van der Waals surface area contributed by atoms with Gasteiger partial charge in [-0.1, -0.05) is 0 Å². The summed E-state index contributed by atoms with van der Waals surface area (Å²) in [6, 6.07) is 1.61. The van der Waals surface area contributed by atoms with Gasteiger partial charge in [0, 0.05) is 11.1 Å². The van der Waals surface area contributed by atoms with Crippen LogP contribution in [0.4, 0.5) is 5.69 Å². The third-order valence-electron chi connectivity index (χ3n) is 2.10. The number of aryl methyl sites for hydroxylation is 1. The Labute approximate surface area is 112 Å². The number of carbonyl (C=O) groups is 1. The molecule has 0 aromatic carbocycles. The van der Waals surface area contributed by atoms with Crippen LogP contribution in [-0.4, -0.2) is 23.0 Å². The van der Waals surface area contributed by atoms with Crippen molar-refractivity contribution >= 4 is 34.8 Å². The fraction of sp³-hybridized carbons (Fsp3) is 0.182. The van der Waals surface area contributed by atoms with Crippen molar-refractivity contribution in [3.8, 4) is 0 Å². The number of nitrogens with two attached hydrogens (primary N) is 1. The fourth-order valence-corrected chi connectivity index (χ4v) is 3.02. The third kappa shape index (κ3) is 2.80. The molecule has 0 atom stereocenters. The molecule has 2 N–H and O–H groups in total. The van der Waals surface area contributed by atoms with E-state index < -0.39 is 5.97 Å². The molecule has 7 heteroatoms. The van der Waals surface area contributed by atoms with Gasteiger partial charge in [-0.15, -0.1) is 11.3 Å². The summed E-state index contributed by atoms with van der Waals surface area (Å²) in [5.41, 5.74) is 7.27. The Morgan fingerprint density at radius 2 is 2.33 bits per heavy atom. The number of thiazole rings is 1. The number of carbonyl (C=O) groups excluding carboxylic acids is 1. The van der Waals surface area contributed by atoms with E-state index in [0.717, 1.165) is 10.0 Å². The third-order valence-corrected chi connectivity index (χ3v) is 4.09. The highest BCUT2D eigenvalue weighted by Crippen LogP contribution is 2.30. The van der Waals surface area contributed by atoms with Crippen LogP contribution in [0.15, 0.2) is 27.0 Å². The van der Waals surface area contributed by atoms with Crippen molar-refractivity contribution in [2.75, 3.05) is 12.8 Å². The summed E-state index contributed by atoms with van der Waals surface area (Å²) in [4.78, 5) is 20.0. The van der Waals surface area contributed by atoms with E-state index in [2.05, 4.69) is 14.7 Å². The number of rotatable bonds is 3. The zero-order chi connectivity index (χ0) is 13.1. The Bertz CT molecular complexity index is 583. The summed E-state index contributed by atoms with van der Waals surface area (Å²) >= 11 is 2.93. The van der Waals surface area contributed by atoms with E-state index in [1.165, 1.54) is 36.4 Å². The molecule has 2 aromatic heterocycles. The van der Waals surface area contributed by atoms with Crippen molar-refractivity contribution in [2.24, 2.45) is 0 Å². The number of anilines is 1. The first kappa shape index (κ1) is 12.8. The zero-order valence-corrected chi connectivity index (χ0v) is 11.5. The predicted octanol–water partition coefficient (Wildman–Crippen LogP) is 2.37. The molecule has 0 fully saturated rings. The summed E-state index contributed by atoms with van der Waals surface area (Å²) < 4.78 is 5.53. The van der Waals surface area contributed by atoms with Gasteiger partial charge in [-0.05, 0) is 24.8 Å². The van der Waals surface area contributed by atoms with E-state index in [1.54, 1.807) is 6.07 Å². The van der Waals surface area contributed by atoms with Crippen LogP contribution in [0.2, 0.25) is 0 Å². The zero-order valence-electron chi connectivity index (χ0n) is 9.84. The molecule has 0 bridgehead atoms. The minimum atomic E-state index is -0.466. The van der Waals surface area contributed by atoms with Gasteiger partial charge < -0.3 is 10.5 Å². The van der Waals surface area contributed by atoms with Gasteiger partial charge >= 0.3 is 5.97 Å². The van der Waals surface area contributed by atoms with Crippen LogP contribution in [0.3, 0.4) is 0 Å². The molecular weight excluding hydrogens is 270 g/mol. The van der Waals surface area contributed by atoms with Crippen LogP contribution < -0.4 is 5.73 Å². The predicted molar refractivity (Wildman–Crippen MR) is 71.0 cm³/mol. The maximum atomic E-state index is 11.5. The summed E-state index contributed by atoms with van der Waals surface area (Å²) in [6.07, 6.45) is 1.45. The summed E-state index contributed by atoms with van der Waals surface area (Å²) in [6.45, 7) is 1.93. The second kappa shape index (κ2) is 5.36.